The number of nitrogen functional groups attached to an aromatic ring is 1. The number of carbonyl (C=O) groups is 1. The van der Waals surface area contributed by atoms with E-state index in [4.69, 9.17) is 10.5 Å². The molecule has 1 saturated carbocycles. The smallest absolute Gasteiger partial charge is 0.170 e. The highest BCUT2D eigenvalue weighted by Gasteiger charge is 2.42. The topological polar surface area (TPSA) is 52.3 Å². The fourth-order valence-corrected chi connectivity index (χ4v) is 3.35. The molecule has 1 aromatic carbocycles. The summed E-state index contributed by atoms with van der Waals surface area (Å²) >= 11 is 0. The molecular formula is C16H21NO2. The monoisotopic (exact) mass is 259 g/mol. The number of hydrogen-bond acceptors (Lipinski definition) is 3. The van der Waals surface area contributed by atoms with Crippen LogP contribution in [0, 0.1) is 0 Å². The molecule has 0 bridgehead atoms. The highest BCUT2D eigenvalue weighted by molar-refractivity contribution is 6.02. The van der Waals surface area contributed by atoms with Gasteiger partial charge in [0, 0.05) is 0 Å². The largest absolute Gasteiger partial charge is 0.484 e. The number of fused-ring (bicyclic) bond motifs is 1. The van der Waals surface area contributed by atoms with Crippen LogP contribution in [0.3, 0.4) is 0 Å². The summed E-state index contributed by atoms with van der Waals surface area (Å²) in [4.78, 5) is 12.4. The first kappa shape index (κ1) is 12.5. The van der Waals surface area contributed by atoms with Gasteiger partial charge >= 0.3 is 0 Å². The van der Waals surface area contributed by atoms with Crippen LogP contribution in [0.15, 0.2) is 12.1 Å². The fourth-order valence-electron chi connectivity index (χ4n) is 3.35. The molecule has 102 valence electrons. The summed E-state index contributed by atoms with van der Waals surface area (Å²) in [5, 5.41) is 0. The van der Waals surface area contributed by atoms with Gasteiger partial charge in [-0.1, -0.05) is 13.3 Å². The lowest BCUT2D eigenvalue weighted by molar-refractivity contribution is 0.0142. The molecule has 0 radical (unpaired) electrons. The molecule has 0 aromatic heterocycles. The van der Waals surface area contributed by atoms with Crippen molar-refractivity contribution in [2.45, 2.75) is 57.5 Å². The number of ether oxygens (including phenoxy) is 1. The first-order valence-corrected chi connectivity index (χ1v) is 7.28. The third-order valence-electron chi connectivity index (χ3n) is 4.45. The van der Waals surface area contributed by atoms with Gasteiger partial charge in [-0.25, -0.2) is 0 Å². The van der Waals surface area contributed by atoms with Crippen LogP contribution in [0.1, 0.15) is 61.4 Å². The Labute approximate surface area is 114 Å². The molecule has 1 spiro atoms. The summed E-state index contributed by atoms with van der Waals surface area (Å²) in [6.45, 7) is 2.07. The van der Waals surface area contributed by atoms with E-state index in [1.807, 2.05) is 12.1 Å². The van der Waals surface area contributed by atoms with E-state index in [2.05, 4.69) is 6.92 Å². The van der Waals surface area contributed by atoms with E-state index in [1.165, 1.54) is 6.42 Å². The molecule has 19 heavy (non-hydrogen) atoms. The van der Waals surface area contributed by atoms with Gasteiger partial charge < -0.3 is 10.5 Å². The molecule has 0 atom stereocenters. The number of aryl methyl sites for hydroxylation is 1. The number of carbonyl (C=O) groups excluding carboxylic acids is 1. The Bertz CT molecular complexity index is 516. The second-order valence-electron chi connectivity index (χ2n) is 5.86. The zero-order valence-corrected chi connectivity index (χ0v) is 11.5. The van der Waals surface area contributed by atoms with E-state index >= 15 is 0 Å². The van der Waals surface area contributed by atoms with Gasteiger partial charge in [-0.3, -0.25) is 4.79 Å². The van der Waals surface area contributed by atoms with Crippen molar-refractivity contribution in [2.75, 3.05) is 5.73 Å². The Morgan fingerprint density at radius 3 is 2.68 bits per heavy atom. The van der Waals surface area contributed by atoms with Gasteiger partial charge in [0.25, 0.3) is 0 Å². The SMILES string of the molecule is CCc1cc(N)c2c(c1)C(=O)CC1(CCCCC1)O2. The van der Waals surface area contributed by atoms with Crippen LogP contribution < -0.4 is 10.5 Å². The number of Topliss-reactive ketones (excluding diaryl/α,β-unsaturated/α-hetero) is 1. The van der Waals surface area contributed by atoms with E-state index in [-0.39, 0.29) is 11.4 Å². The summed E-state index contributed by atoms with van der Waals surface area (Å²) in [7, 11) is 0. The third kappa shape index (κ3) is 2.11. The summed E-state index contributed by atoms with van der Waals surface area (Å²) in [5.41, 5.74) is 8.23. The summed E-state index contributed by atoms with van der Waals surface area (Å²) < 4.78 is 6.22. The molecule has 3 heteroatoms. The molecule has 1 aliphatic carbocycles. The normalized spacial score (nSPS) is 21.0. The first-order valence-electron chi connectivity index (χ1n) is 7.28. The number of hydrogen-bond donors (Lipinski definition) is 1. The van der Waals surface area contributed by atoms with Crippen LogP contribution in [0.2, 0.25) is 0 Å². The van der Waals surface area contributed by atoms with Gasteiger partial charge in [-0.15, -0.1) is 0 Å². The Morgan fingerprint density at radius 2 is 2.00 bits per heavy atom. The molecule has 2 N–H and O–H groups in total. The molecule has 1 fully saturated rings. The van der Waals surface area contributed by atoms with Crippen molar-refractivity contribution in [1.82, 2.24) is 0 Å². The lowest BCUT2D eigenvalue weighted by atomic mass is 9.78. The number of benzene rings is 1. The van der Waals surface area contributed by atoms with Crippen molar-refractivity contribution in [3.05, 3.63) is 23.3 Å². The number of anilines is 1. The van der Waals surface area contributed by atoms with Gasteiger partial charge in [0.05, 0.1) is 17.7 Å². The van der Waals surface area contributed by atoms with Crippen LogP contribution in [0.25, 0.3) is 0 Å². The number of nitrogens with two attached hydrogens (primary N) is 1. The summed E-state index contributed by atoms with van der Waals surface area (Å²) in [6.07, 6.45) is 6.91. The highest BCUT2D eigenvalue weighted by atomic mass is 16.5. The molecule has 3 nitrogen and oxygen atoms in total. The van der Waals surface area contributed by atoms with E-state index in [9.17, 15) is 4.79 Å². The average molecular weight is 259 g/mol. The van der Waals surface area contributed by atoms with Crippen LogP contribution in [-0.2, 0) is 6.42 Å². The lowest BCUT2D eigenvalue weighted by Crippen LogP contribution is -2.43. The lowest BCUT2D eigenvalue weighted by Gasteiger charge is -2.41. The average Bonchev–Trinajstić information content (AvgIpc) is 2.41. The second-order valence-corrected chi connectivity index (χ2v) is 5.86. The molecular weight excluding hydrogens is 238 g/mol. The molecule has 0 unspecified atom stereocenters. The molecule has 0 saturated heterocycles. The minimum absolute atomic E-state index is 0.199. The quantitative estimate of drug-likeness (QED) is 0.785. The maximum absolute atomic E-state index is 12.4. The van der Waals surface area contributed by atoms with Gasteiger partial charge in [0.1, 0.15) is 5.60 Å². The predicted molar refractivity (Wildman–Crippen MR) is 75.6 cm³/mol. The maximum Gasteiger partial charge on any atom is 0.170 e. The second kappa shape index (κ2) is 4.55. The Hall–Kier alpha value is -1.51. The van der Waals surface area contributed by atoms with Crippen LogP contribution >= 0.6 is 0 Å². The fraction of sp³-hybridized carbons (Fsp3) is 0.562. The highest BCUT2D eigenvalue weighted by Crippen LogP contribution is 2.44. The van der Waals surface area contributed by atoms with Crippen molar-refractivity contribution in [3.63, 3.8) is 0 Å². The summed E-state index contributed by atoms with van der Waals surface area (Å²) in [6, 6.07) is 3.89. The minimum atomic E-state index is -0.274. The molecule has 0 amide bonds. The van der Waals surface area contributed by atoms with E-state index in [1.54, 1.807) is 0 Å². The zero-order chi connectivity index (χ0) is 13.5. The maximum atomic E-state index is 12.4. The predicted octanol–water partition coefficient (Wildman–Crippen LogP) is 3.50. The molecule has 3 rings (SSSR count). The van der Waals surface area contributed by atoms with Crippen molar-refractivity contribution >= 4 is 11.5 Å². The number of ketones is 1. The third-order valence-corrected chi connectivity index (χ3v) is 4.45. The molecule has 1 aromatic rings. The Balaban J connectivity index is 2.02. The van der Waals surface area contributed by atoms with Gasteiger partial charge in [-0.05, 0) is 49.8 Å². The first-order chi connectivity index (χ1) is 9.13. The molecule has 1 aliphatic heterocycles. The minimum Gasteiger partial charge on any atom is -0.484 e. The van der Waals surface area contributed by atoms with E-state index in [0.717, 1.165) is 37.7 Å². The Kier molecular flexibility index (Phi) is 3.00. The van der Waals surface area contributed by atoms with Gasteiger partial charge in [0.15, 0.2) is 11.5 Å². The standard InChI is InChI=1S/C16H21NO2/c1-2-11-8-12-14(18)10-16(6-4-3-5-7-16)19-15(12)13(17)9-11/h8-9H,2-7,10,17H2,1H3. The van der Waals surface area contributed by atoms with Crippen molar-refractivity contribution in [3.8, 4) is 5.75 Å². The van der Waals surface area contributed by atoms with Crippen LogP contribution in [0.5, 0.6) is 5.75 Å². The van der Waals surface area contributed by atoms with Crippen LogP contribution in [0.4, 0.5) is 5.69 Å². The van der Waals surface area contributed by atoms with Gasteiger partial charge in [0.2, 0.25) is 0 Å². The number of rotatable bonds is 1. The van der Waals surface area contributed by atoms with Crippen molar-refractivity contribution in [1.29, 1.82) is 0 Å². The van der Waals surface area contributed by atoms with Crippen molar-refractivity contribution in [2.24, 2.45) is 0 Å². The van der Waals surface area contributed by atoms with E-state index in [0.29, 0.717) is 23.4 Å². The van der Waals surface area contributed by atoms with Crippen molar-refractivity contribution < 1.29 is 9.53 Å². The van der Waals surface area contributed by atoms with E-state index < -0.39 is 0 Å². The molecule has 1 heterocycles. The molecule has 2 aliphatic rings. The van der Waals surface area contributed by atoms with Gasteiger partial charge in [-0.2, -0.15) is 0 Å². The Morgan fingerprint density at radius 1 is 1.26 bits per heavy atom. The summed E-state index contributed by atoms with van der Waals surface area (Å²) in [5.74, 6) is 0.834. The zero-order valence-electron chi connectivity index (χ0n) is 11.5. The van der Waals surface area contributed by atoms with Crippen LogP contribution in [-0.4, -0.2) is 11.4 Å².